The van der Waals surface area contributed by atoms with Crippen LogP contribution in [0.25, 0.3) is 0 Å². The van der Waals surface area contributed by atoms with Crippen LogP contribution in [-0.2, 0) is 9.59 Å². The van der Waals surface area contributed by atoms with Crippen LogP contribution in [0.4, 0.5) is 0 Å². The Hall–Kier alpha value is -1.22. The van der Waals surface area contributed by atoms with Crippen molar-refractivity contribution in [2.45, 2.75) is 116 Å². The average molecular weight is 523 g/mol. The van der Waals surface area contributed by atoms with Crippen LogP contribution in [0.5, 0.6) is 0 Å². The van der Waals surface area contributed by atoms with Gasteiger partial charge in [0.1, 0.15) is 6.04 Å². The predicted octanol–water partition coefficient (Wildman–Crippen LogP) is 2.67. The van der Waals surface area contributed by atoms with E-state index in [1.165, 1.54) is 0 Å². The molecule has 0 saturated heterocycles. The van der Waals surface area contributed by atoms with E-state index in [0.29, 0.717) is 38.1 Å². The number of fused-ring (bicyclic) bond motifs is 5. The predicted molar refractivity (Wildman–Crippen MR) is 140 cm³/mol. The number of carbonyl (C=O) groups excluding carboxylic acids is 1. The van der Waals surface area contributed by atoms with Gasteiger partial charge in [-0.1, -0.05) is 20.8 Å². The molecule has 4 fully saturated rings. The van der Waals surface area contributed by atoms with Gasteiger partial charge in [-0.05, 0) is 117 Å². The molecule has 0 unspecified atom stereocenters. The molecule has 0 bridgehead atoms. The number of aliphatic hydroxyl groups is 3. The van der Waals surface area contributed by atoms with Crippen LogP contribution in [0, 0.1) is 46.3 Å². The molecule has 0 aromatic carbocycles. The first-order valence-corrected chi connectivity index (χ1v) is 14.7. The molecule has 0 radical (unpaired) electrons. The quantitative estimate of drug-likeness (QED) is 0.272. The molecule has 0 aliphatic heterocycles. The van der Waals surface area contributed by atoms with E-state index in [-0.39, 0.29) is 58.9 Å². The Bertz CT molecular complexity index is 839. The van der Waals surface area contributed by atoms with Crippen LogP contribution in [-0.4, -0.2) is 63.2 Å². The Morgan fingerprint density at radius 3 is 2.43 bits per heavy atom. The average Bonchev–Trinajstić information content (AvgIpc) is 3.20. The summed E-state index contributed by atoms with van der Waals surface area (Å²) < 4.78 is 0. The summed E-state index contributed by atoms with van der Waals surface area (Å²) in [5.74, 6) is 0.157. The zero-order chi connectivity index (χ0) is 27.1. The van der Waals surface area contributed by atoms with Gasteiger partial charge in [-0.3, -0.25) is 4.79 Å². The Kier molecular flexibility index (Phi) is 8.64. The topological polar surface area (TPSA) is 153 Å². The lowest BCUT2D eigenvalue weighted by Crippen LogP contribution is -2.62. The van der Waals surface area contributed by atoms with E-state index in [0.717, 1.165) is 38.5 Å². The Morgan fingerprint density at radius 1 is 1.03 bits per heavy atom. The largest absolute Gasteiger partial charge is 0.480 e. The maximum Gasteiger partial charge on any atom is 0.326 e. The molecule has 1 amide bonds. The third kappa shape index (κ3) is 5.20. The molecule has 37 heavy (non-hydrogen) atoms. The number of carbonyl (C=O) groups is 2. The second kappa shape index (κ2) is 11.1. The molecule has 0 heterocycles. The highest BCUT2D eigenvalue weighted by Crippen LogP contribution is 2.68. The number of aliphatic hydroxyl groups excluding tert-OH is 3. The van der Waals surface area contributed by atoms with E-state index in [2.05, 4.69) is 26.1 Å². The van der Waals surface area contributed by atoms with Gasteiger partial charge in [0, 0.05) is 6.42 Å². The molecule has 8 heteroatoms. The first-order chi connectivity index (χ1) is 17.4. The van der Waals surface area contributed by atoms with Gasteiger partial charge >= 0.3 is 5.97 Å². The number of carboxylic acid groups (broad SMARTS) is 1. The number of rotatable bonds is 9. The van der Waals surface area contributed by atoms with Crippen molar-refractivity contribution in [3.63, 3.8) is 0 Å². The summed E-state index contributed by atoms with van der Waals surface area (Å²) >= 11 is 0. The SMILES string of the molecule is C[C@H](CCC(=O)N[C@@H](CCCN)C(=O)O)[C@H]1CC[C@H]2[C@@H]3[C@H](O)C[C@@H]4C[C@H](O)CC[C@]4(C)[C@H]3C[C@H](O)[C@]12C. The number of nitrogens with one attached hydrogen (secondary N) is 1. The summed E-state index contributed by atoms with van der Waals surface area (Å²) in [7, 11) is 0. The van der Waals surface area contributed by atoms with E-state index < -0.39 is 24.2 Å². The highest BCUT2D eigenvalue weighted by Gasteiger charge is 2.65. The first kappa shape index (κ1) is 28.8. The highest BCUT2D eigenvalue weighted by atomic mass is 16.4. The number of hydrogen-bond acceptors (Lipinski definition) is 6. The van der Waals surface area contributed by atoms with Crippen LogP contribution in [0.1, 0.15) is 91.4 Å². The monoisotopic (exact) mass is 522 g/mol. The number of amides is 1. The zero-order valence-corrected chi connectivity index (χ0v) is 22.9. The van der Waals surface area contributed by atoms with Crippen molar-refractivity contribution in [1.29, 1.82) is 0 Å². The molecular weight excluding hydrogens is 472 g/mol. The van der Waals surface area contributed by atoms with Gasteiger partial charge in [0.2, 0.25) is 5.91 Å². The van der Waals surface area contributed by atoms with Gasteiger partial charge in [-0.15, -0.1) is 0 Å². The minimum absolute atomic E-state index is 0.0534. The molecule has 4 rings (SSSR count). The van der Waals surface area contributed by atoms with Gasteiger partial charge in [0.05, 0.1) is 18.3 Å². The molecule has 212 valence electrons. The summed E-state index contributed by atoms with van der Waals surface area (Å²) in [6, 6.07) is -0.907. The van der Waals surface area contributed by atoms with Crippen LogP contribution >= 0.6 is 0 Å². The molecular formula is C29H50N2O6. The van der Waals surface area contributed by atoms with Gasteiger partial charge in [0.25, 0.3) is 0 Å². The Balaban J connectivity index is 1.43. The molecule has 4 aliphatic carbocycles. The van der Waals surface area contributed by atoms with Gasteiger partial charge in [-0.25, -0.2) is 4.79 Å². The van der Waals surface area contributed by atoms with Gasteiger partial charge in [0.15, 0.2) is 0 Å². The van der Waals surface area contributed by atoms with E-state index in [1.54, 1.807) is 0 Å². The highest BCUT2D eigenvalue weighted by molar-refractivity contribution is 5.83. The van der Waals surface area contributed by atoms with Crippen LogP contribution in [0.3, 0.4) is 0 Å². The summed E-state index contributed by atoms with van der Waals surface area (Å²) in [4.78, 5) is 24.1. The van der Waals surface area contributed by atoms with Gasteiger partial charge < -0.3 is 31.5 Å². The third-order valence-corrected chi connectivity index (χ3v) is 11.7. The second-order valence-corrected chi connectivity index (χ2v) is 13.4. The number of hydrogen-bond donors (Lipinski definition) is 6. The first-order valence-electron chi connectivity index (χ1n) is 14.7. The molecule has 7 N–H and O–H groups in total. The summed E-state index contributed by atoms with van der Waals surface area (Å²) in [6.45, 7) is 7.10. The minimum atomic E-state index is -1.03. The molecule has 4 saturated carbocycles. The number of nitrogens with two attached hydrogens (primary N) is 1. The van der Waals surface area contributed by atoms with Crippen molar-refractivity contribution >= 4 is 11.9 Å². The van der Waals surface area contributed by atoms with Crippen molar-refractivity contribution in [2.24, 2.45) is 52.1 Å². The van der Waals surface area contributed by atoms with Crippen molar-refractivity contribution in [2.75, 3.05) is 6.54 Å². The van der Waals surface area contributed by atoms with Crippen molar-refractivity contribution in [3.05, 3.63) is 0 Å². The maximum absolute atomic E-state index is 12.6. The van der Waals surface area contributed by atoms with Gasteiger partial charge in [-0.2, -0.15) is 0 Å². The van der Waals surface area contributed by atoms with Crippen molar-refractivity contribution in [1.82, 2.24) is 5.32 Å². The smallest absolute Gasteiger partial charge is 0.326 e. The van der Waals surface area contributed by atoms with E-state index >= 15 is 0 Å². The van der Waals surface area contributed by atoms with Crippen LogP contribution in [0.15, 0.2) is 0 Å². The molecule has 4 aliphatic rings. The molecule has 0 aromatic heterocycles. The normalized spacial score (nSPS) is 44.7. The summed E-state index contributed by atoms with van der Waals surface area (Å²) in [5, 5.41) is 45.4. The van der Waals surface area contributed by atoms with E-state index in [1.807, 2.05) is 0 Å². The van der Waals surface area contributed by atoms with Crippen molar-refractivity contribution < 1.29 is 30.0 Å². The lowest BCUT2D eigenvalue weighted by atomic mass is 9.43. The summed E-state index contributed by atoms with van der Waals surface area (Å²) in [6.07, 6.45) is 6.56. The second-order valence-electron chi connectivity index (χ2n) is 13.4. The van der Waals surface area contributed by atoms with Crippen LogP contribution < -0.4 is 11.1 Å². The molecule has 0 spiro atoms. The number of carboxylic acids is 1. The van der Waals surface area contributed by atoms with Crippen LogP contribution in [0.2, 0.25) is 0 Å². The summed E-state index contributed by atoms with van der Waals surface area (Å²) in [5.41, 5.74) is 5.24. The Labute approximate surface area is 221 Å². The van der Waals surface area contributed by atoms with E-state index in [9.17, 15) is 30.0 Å². The van der Waals surface area contributed by atoms with E-state index in [4.69, 9.17) is 5.73 Å². The van der Waals surface area contributed by atoms with Crippen molar-refractivity contribution in [3.8, 4) is 0 Å². The lowest BCUT2D eigenvalue weighted by molar-refractivity contribution is -0.207. The minimum Gasteiger partial charge on any atom is -0.480 e. The fraction of sp³-hybridized carbons (Fsp3) is 0.931. The fourth-order valence-corrected chi connectivity index (χ4v) is 9.54. The molecule has 12 atom stereocenters. The molecule has 8 nitrogen and oxygen atoms in total. The zero-order valence-electron chi connectivity index (χ0n) is 22.9. The third-order valence-electron chi connectivity index (χ3n) is 11.7. The molecule has 0 aromatic rings. The Morgan fingerprint density at radius 2 is 1.76 bits per heavy atom. The number of aliphatic carboxylic acids is 1. The fourth-order valence-electron chi connectivity index (χ4n) is 9.54. The maximum atomic E-state index is 12.6. The lowest BCUT2D eigenvalue weighted by Gasteiger charge is -2.63. The standard InChI is InChI=1S/C29H50N2O6/c1-16(6-9-25(35)31-22(27(36)37)5-4-12-30)19-7-8-20-26-21(15-24(34)29(19,20)3)28(2)11-10-18(32)13-17(28)14-23(26)33/h16-24,26,32-34H,4-15,30H2,1-3H3,(H,31,35)(H,36,37)/t16-,17+,18-,19-,20+,21+,22+,23-,24+,26+,28+,29-/m1/s1.